The molecule has 0 aliphatic heterocycles. The van der Waals surface area contributed by atoms with E-state index in [2.05, 4.69) is 91.3 Å². The van der Waals surface area contributed by atoms with Gasteiger partial charge in [-0.25, -0.2) is 4.57 Å². The Labute approximate surface area is 345 Å². The molecule has 57 heavy (non-hydrogen) atoms. The van der Waals surface area contributed by atoms with E-state index in [1.165, 1.54) is 44.9 Å². The number of carbonyl (C=O) groups excluding carboxylic acids is 2. The molecule has 0 rings (SSSR count). The van der Waals surface area contributed by atoms with Crippen molar-refractivity contribution in [1.82, 2.24) is 0 Å². The summed E-state index contributed by atoms with van der Waals surface area (Å²) in [4.78, 5) is 34.9. The van der Waals surface area contributed by atoms with Crippen LogP contribution in [0.15, 0.2) is 85.1 Å². The minimum Gasteiger partial charge on any atom is -0.462 e. The zero-order valence-electron chi connectivity index (χ0n) is 35.3. The Morgan fingerprint density at radius 3 is 1.44 bits per heavy atom. The highest BCUT2D eigenvalue weighted by molar-refractivity contribution is 7.47. The summed E-state index contributed by atoms with van der Waals surface area (Å²) in [5.74, 6) is -1.05. The highest BCUT2D eigenvalue weighted by Gasteiger charge is 2.27. The van der Waals surface area contributed by atoms with Crippen molar-refractivity contribution in [1.29, 1.82) is 0 Å². The second-order valence-electron chi connectivity index (χ2n) is 14.0. The first kappa shape index (κ1) is 54.2. The number of allylic oxidation sites excluding steroid dienone is 14. The summed E-state index contributed by atoms with van der Waals surface area (Å²) in [6, 6.07) is 0. The molecule has 0 aliphatic rings. The van der Waals surface area contributed by atoms with Gasteiger partial charge in [0.15, 0.2) is 6.10 Å². The van der Waals surface area contributed by atoms with Crippen molar-refractivity contribution in [2.45, 2.75) is 167 Å². The number of carbonyl (C=O) groups is 2. The van der Waals surface area contributed by atoms with Gasteiger partial charge in [0, 0.05) is 12.8 Å². The SMILES string of the molecule is CCCCCC=CCC=CCC=CCC=CCC=CCCC(=O)OC(COC(=O)CCCCCCCC=CCC=CCCCCC)COP(=O)(O)OCC(O)CO. The smallest absolute Gasteiger partial charge is 0.462 e. The van der Waals surface area contributed by atoms with Gasteiger partial charge >= 0.3 is 19.8 Å². The molecule has 0 aromatic heterocycles. The highest BCUT2D eigenvalue weighted by Crippen LogP contribution is 2.43. The van der Waals surface area contributed by atoms with E-state index < -0.39 is 51.8 Å². The number of phosphoric acid groups is 1. The van der Waals surface area contributed by atoms with Crippen molar-refractivity contribution < 1.29 is 47.8 Å². The molecule has 3 atom stereocenters. The Kier molecular flexibility index (Phi) is 39.2. The standard InChI is InChI=1S/C46H77O10P/c1-3-5-7-9-11-13-15-17-19-20-21-22-24-26-28-30-32-34-36-38-46(50)56-44(42-55-57(51,52)54-40-43(48)39-47)41-53-45(49)37-35-33-31-29-27-25-23-18-16-14-12-10-8-6-4-2/h11-14,17-19,21-23,26,28,32,34,43-44,47-48H,3-10,15-16,20,24-25,27,29-31,33,35-42H2,1-2H3,(H,51,52). The molecule has 0 saturated carbocycles. The average Bonchev–Trinajstić information content (AvgIpc) is 3.20. The Morgan fingerprint density at radius 1 is 0.526 bits per heavy atom. The van der Waals surface area contributed by atoms with E-state index in [9.17, 15) is 24.2 Å². The lowest BCUT2D eigenvalue weighted by atomic mass is 10.1. The van der Waals surface area contributed by atoms with Crippen LogP contribution in [-0.4, -0.2) is 65.7 Å². The number of aliphatic hydroxyl groups is 2. The highest BCUT2D eigenvalue weighted by atomic mass is 31.2. The summed E-state index contributed by atoms with van der Waals surface area (Å²) < 4.78 is 32.6. The van der Waals surface area contributed by atoms with Crippen LogP contribution in [0.5, 0.6) is 0 Å². The lowest BCUT2D eigenvalue weighted by Crippen LogP contribution is -2.29. The maximum Gasteiger partial charge on any atom is 0.472 e. The molecule has 326 valence electrons. The predicted octanol–water partition coefficient (Wildman–Crippen LogP) is 11.4. The van der Waals surface area contributed by atoms with Gasteiger partial charge in [-0.2, -0.15) is 0 Å². The summed E-state index contributed by atoms with van der Waals surface area (Å²) in [6.45, 7) is 2.20. The molecule has 0 heterocycles. The van der Waals surface area contributed by atoms with Crippen LogP contribution in [0.25, 0.3) is 0 Å². The molecular formula is C46H77O10P. The fraction of sp³-hybridized carbons (Fsp3) is 0.652. The van der Waals surface area contributed by atoms with Gasteiger partial charge < -0.3 is 24.6 Å². The number of unbranched alkanes of at least 4 members (excludes halogenated alkanes) is 11. The molecule has 10 nitrogen and oxygen atoms in total. The van der Waals surface area contributed by atoms with Crippen LogP contribution in [0, 0.1) is 0 Å². The van der Waals surface area contributed by atoms with E-state index in [-0.39, 0.29) is 19.4 Å². The van der Waals surface area contributed by atoms with Gasteiger partial charge in [0.2, 0.25) is 0 Å². The zero-order chi connectivity index (χ0) is 41.9. The monoisotopic (exact) mass is 821 g/mol. The molecule has 0 radical (unpaired) electrons. The van der Waals surface area contributed by atoms with Crippen molar-refractivity contribution in [2.75, 3.05) is 26.4 Å². The van der Waals surface area contributed by atoms with Crippen molar-refractivity contribution in [3.8, 4) is 0 Å². The number of rotatable bonds is 39. The van der Waals surface area contributed by atoms with Gasteiger partial charge in [-0.05, 0) is 83.5 Å². The molecular weight excluding hydrogens is 743 g/mol. The molecule has 0 aromatic rings. The van der Waals surface area contributed by atoms with Crippen LogP contribution in [0.2, 0.25) is 0 Å². The van der Waals surface area contributed by atoms with Crippen LogP contribution in [0.4, 0.5) is 0 Å². The molecule has 0 fully saturated rings. The molecule has 3 unspecified atom stereocenters. The molecule has 0 saturated heterocycles. The first-order chi connectivity index (χ1) is 27.7. The van der Waals surface area contributed by atoms with Crippen LogP contribution >= 0.6 is 7.82 Å². The fourth-order valence-electron chi connectivity index (χ4n) is 5.18. The van der Waals surface area contributed by atoms with E-state index in [0.29, 0.717) is 12.8 Å². The minimum atomic E-state index is -4.65. The number of hydrogen-bond acceptors (Lipinski definition) is 9. The summed E-state index contributed by atoms with van der Waals surface area (Å²) in [5, 5.41) is 18.3. The topological polar surface area (TPSA) is 149 Å². The maximum absolute atomic E-state index is 12.6. The quantitative estimate of drug-likeness (QED) is 0.0237. The second-order valence-corrected chi connectivity index (χ2v) is 15.5. The van der Waals surface area contributed by atoms with E-state index in [1.54, 1.807) is 0 Å². The summed E-state index contributed by atoms with van der Waals surface area (Å²) in [6.07, 6.45) is 48.4. The van der Waals surface area contributed by atoms with Gasteiger partial charge in [-0.15, -0.1) is 0 Å². The van der Waals surface area contributed by atoms with Crippen LogP contribution in [0.1, 0.15) is 155 Å². The van der Waals surface area contributed by atoms with Crippen molar-refractivity contribution in [3.05, 3.63) is 85.1 Å². The van der Waals surface area contributed by atoms with Gasteiger partial charge in [0.1, 0.15) is 12.7 Å². The number of ether oxygens (including phenoxy) is 2. The summed E-state index contributed by atoms with van der Waals surface area (Å²) >= 11 is 0. The Bertz CT molecular complexity index is 1220. The van der Waals surface area contributed by atoms with Gasteiger partial charge in [-0.3, -0.25) is 18.6 Å². The Balaban J connectivity index is 4.48. The lowest BCUT2D eigenvalue weighted by Gasteiger charge is -2.20. The third-order valence-electron chi connectivity index (χ3n) is 8.54. The summed E-state index contributed by atoms with van der Waals surface area (Å²) in [5.41, 5.74) is 0. The van der Waals surface area contributed by atoms with Gasteiger partial charge in [-0.1, -0.05) is 144 Å². The fourth-order valence-corrected chi connectivity index (χ4v) is 5.97. The van der Waals surface area contributed by atoms with E-state index in [1.807, 2.05) is 12.2 Å². The lowest BCUT2D eigenvalue weighted by molar-refractivity contribution is -0.161. The van der Waals surface area contributed by atoms with Crippen molar-refractivity contribution >= 4 is 19.8 Å². The largest absolute Gasteiger partial charge is 0.472 e. The minimum absolute atomic E-state index is 0.0531. The molecule has 0 aromatic carbocycles. The van der Waals surface area contributed by atoms with Gasteiger partial charge in [0.25, 0.3) is 0 Å². The molecule has 0 amide bonds. The van der Waals surface area contributed by atoms with E-state index in [4.69, 9.17) is 19.1 Å². The number of hydrogen-bond donors (Lipinski definition) is 3. The molecule has 0 spiro atoms. The van der Waals surface area contributed by atoms with Crippen LogP contribution in [-0.2, 0) is 32.7 Å². The summed E-state index contributed by atoms with van der Waals surface area (Å²) in [7, 11) is -4.65. The molecule has 11 heteroatoms. The normalized spacial score (nSPS) is 14.7. The molecule has 3 N–H and O–H groups in total. The Morgan fingerprint density at radius 2 is 0.947 bits per heavy atom. The van der Waals surface area contributed by atoms with E-state index >= 15 is 0 Å². The average molecular weight is 821 g/mol. The number of esters is 2. The first-order valence-electron chi connectivity index (χ1n) is 21.5. The third kappa shape index (κ3) is 41.1. The van der Waals surface area contributed by atoms with E-state index in [0.717, 1.165) is 70.6 Å². The predicted molar refractivity (Wildman–Crippen MR) is 233 cm³/mol. The number of aliphatic hydroxyl groups excluding tert-OH is 2. The van der Waals surface area contributed by atoms with Gasteiger partial charge in [0.05, 0.1) is 19.8 Å². The van der Waals surface area contributed by atoms with Crippen molar-refractivity contribution in [2.24, 2.45) is 0 Å². The third-order valence-corrected chi connectivity index (χ3v) is 9.49. The van der Waals surface area contributed by atoms with Crippen LogP contribution < -0.4 is 0 Å². The maximum atomic E-state index is 12.6. The number of phosphoric ester groups is 1. The molecule has 0 aliphatic carbocycles. The molecule has 0 bridgehead atoms. The van der Waals surface area contributed by atoms with Crippen molar-refractivity contribution in [3.63, 3.8) is 0 Å². The second kappa shape index (κ2) is 41.3. The Hall–Kier alpha value is -2.85. The zero-order valence-corrected chi connectivity index (χ0v) is 36.2. The first-order valence-corrected chi connectivity index (χ1v) is 23.0. The van der Waals surface area contributed by atoms with Crippen LogP contribution in [0.3, 0.4) is 0 Å².